The number of carbonyl (C=O) groups excluding carboxylic acids is 5. The van der Waals surface area contributed by atoms with Crippen LogP contribution >= 0.6 is 11.6 Å². The average Bonchev–Trinajstić information content (AvgIpc) is 4.37. The zero-order valence-electron chi connectivity index (χ0n) is 43.2. The van der Waals surface area contributed by atoms with Crippen molar-refractivity contribution in [1.82, 2.24) is 25.2 Å². The highest BCUT2D eigenvalue weighted by Gasteiger charge is 2.62. The number of nitro groups is 1. The number of alkyl carbamates (subject to hydrolysis) is 1. The number of rotatable bonds is 17. The quantitative estimate of drug-likeness (QED) is 0.0323. The number of aromatic nitrogens is 1. The lowest BCUT2D eigenvalue weighted by Crippen LogP contribution is -2.60. The maximum Gasteiger partial charge on any atom is 0.514 e. The molecule has 438 valence electrons. The summed E-state index contributed by atoms with van der Waals surface area (Å²) in [6.07, 6.45) is -18.3. The molecule has 4 amide bonds. The highest BCUT2D eigenvalue weighted by atomic mass is 35.5. The molecule has 3 aromatic rings. The van der Waals surface area contributed by atoms with E-state index in [1.165, 1.54) is 45.0 Å². The second-order valence-electron chi connectivity index (χ2n) is 20.6. The zero-order chi connectivity index (χ0) is 59.6. The zero-order valence-corrected chi connectivity index (χ0v) is 44.8. The summed E-state index contributed by atoms with van der Waals surface area (Å²) in [6, 6.07) is 6.75. The van der Waals surface area contributed by atoms with Gasteiger partial charge in [0.2, 0.25) is 23.0 Å². The molecule has 1 saturated heterocycles. The summed E-state index contributed by atoms with van der Waals surface area (Å²) in [4.78, 5) is 81.3. The van der Waals surface area contributed by atoms with Gasteiger partial charge in [0.1, 0.15) is 47.6 Å². The summed E-state index contributed by atoms with van der Waals surface area (Å²) >= 11 is 6.35. The maximum absolute atomic E-state index is 14.5. The molecular formula is C47H55ClF9N7O14S. The Morgan fingerprint density at radius 3 is 2.00 bits per heavy atom. The number of halogens is 10. The molecular weight excluding hydrogens is 1130 g/mol. The van der Waals surface area contributed by atoms with Crippen molar-refractivity contribution in [3.8, 4) is 11.5 Å². The largest absolute Gasteiger partial charge is 0.514 e. The fraction of sp³-hybridized carbons (Fsp3) is 0.574. The second-order valence-corrected chi connectivity index (χ2v) is 22.3. The average molecular weight is 1180 g/mol. The fourth-order valence-electron chi connectivity index (χ4n) is 7.57. The van der Waals surface area contributed by atoms with Gasteiger partial charge in [-0.05, 0) is 82.6 Å². The smallest absolute Gasteiger partial charge is 0.488 e. The van der Waals surface area contributed by atoms with Crippen molar-refractivity contribution in [2.45, 2.75) is 147 Å². The van der Waals surface area contributed by atoms with E-state index in [2.05, 4.69) is 35.1 Å². The Morgan fingerprint density at radius 2 is 1.48 bits per heavy atom. The van der Waals surface area contributed by atoms with Crippen LogP contribution in [0.5, 0.6) is 11.5 Å². The first-order valence-corrected chi connectivity index (χ1v) is 25.6. The van der Waals surface area contributed by atoms with Gasteiger partial charge in [0.25, 0.3) is 11.6 Å². The topological polar surface area (TPSA) is 273 Å². The van der Waals surface area contributed by atoms with Crippen molar-refractivity contribution in [3.05, 3.63) is 63.7 Å². The van der Waals surface area contributed by atoms with E-state index in [1.54, 1.807) is 6.92 Å². The summed E-state index contributed by atoms with van der Waals surface area (Å²) in [6.45, 7) is 6.86. The molecule has 1 aromatic heterocycles. The summed E-state index contributed by atoms with van der Waals surface area (Å²) in [5.74, 6) is -4.02. The molecule has 4 N–H and O–H groups in total. The number of nitrogens with one attached hydrogen (secondary N) is 4. The minimum Gasteiger partial charge on any atom is -0.488 e. The molecule has 3 fully saturated rings. The predicted octanol–water partition coefficient (Wildman–Crippen LogP) is 8.97. The van der Waals surface area contributed by atoms with E-state index in [4.69, 9.17) is 20.5 Å². The Hall–Kier alpha value is -6.63. The molecule has 0 bridgehead atoms. The van der Waals surface area contributed by atoms with Gasteiger partial charge in [0, 0.05) is 30.0 Å². The van der Waals surface area contributed by atoms with Crippen molar-refractivity contribution in [2.75, 3.05) is 18.4 Å². The highest BCUT2D eigenvalue weighted by molar-refractivity contribution is 7.85. The van der Waals surface area contributed by atoms with Crippen LogP contribution in [-0.2, 0) is 38.3 Å². The molecule has 2 aromatic carbocycles. The molecule has 0 radical (unpaired) electrons. The van der Waals surface area contributed by atoms with Gasteiger partial charge in [0.05, 0.1) is 28.1 Å². The van der Waals surface area contributed by atoms with Crippen molar-refractivity contribution >= 4 is 74.3 Å². The van der Waals surface area contributed by atoms with Crippen LogP contribution in [0, 0.1) is 21.4 Å². The number of pyridine rings is 1. The van der Waals surface area contributed by atoms with Crippen molar-refractivity contribution < 1.29 is 100.0 Å². The molecule has 79 heavy (non-hydrogen) atoms. The van der Waals surface area contributed by atoms with Gasteiger partial charge < -0.3 is 39.8 Å². The number of benzene rings is 2. The third-order valence-corrected chi connectivity index (χ3v) is 13.7. The van der Waals surface area contributed by atoms with Crippen LogP contribution in [0.3, 0.4) is 0 Å². The Kier molecular flexibility index (Phi) is 18.6. The molecule has 0 spiro atoms. The molecule has 1 aliphatic heterocycles. The normalized spacial score (nSPS) is 20.2. The number of para-hydroxylation sites is 1. The van der Waals surface area contributed by atoms with Gasteiger partial charge in [-0.2, -0.15) is 47.9 Å². The molecule has 2 saturated carbocycles. The first kappa shape index (κ1) is 63.2. The van der Waals surface area contributed by atoms with Crippen LogP contribution in [0.4, 0.5) is 60.6 Å². The number of anilines is 1. The van der Waals surface area contributed by atoms with Crippen LogP contribution in [0.15, 0.2) is 48.5 Å². The molecule has 21 nitrogen and oxygen atoms in total. The van der Waals surface area contributed by atoms with E-state index in [0.29, 0.717) is 47.0 Å². The van der Waals surface area contributed by atoms with Gasteiger partial charge >= 0.3 is 41.1 Å². The maximum atomic E-state index is 14.5. The van der Waals surface area contributed by atoms with E-state index in [1.807, 2.05) is 4.72 Å². The number of nitrogens with zero attached hydrogens (tertiary/aromatic N) is 3. The third-order valence-electron chi connectivity index (χ3n) is 12.4. The molecule has 2 heterocycles. The van der Waals surface area contributed by atoms with Crippen molar-refractivity contribution in [3.63, 3.8) is 0 Å². The number of amides is 4. The monoisotopic (exact) mass is 1180 g/mol. The summed E-state index contributed by atoms with van der Waals surface area (Å²) in [5.41, 5.74) is -8.83. The third kappa shape index (κ3) is 16.5. The van der Waals surface area contributed by atoms with Gasteiger partial charge in [-0.1, -0.05) is 51.8 Å². The number of fused-ring (bicyclic) bond motifs is 1. The number of likely N-dealkylation sites (tertiary alicyclic amines) is 1. The SMILES string of the molecule is CC(C)(OC(=O)Oc1ccc([N+](=O)[O-])cc1)C(F)(F)F.CC[C@@H]1C[C@]1(NC(=O)[C@@H]1C[C@@H](Oc2cc(NCC(F)(F)F)nc3c(Cl)cccc23)CN1C(=O)[C@@H](NC(=O)OC(C)(C)C(F)(F)F)C(C)(C)C)C(=O)NS(=O)(=O)OC1CC1. The number of alkyl halides is 9. The number of nitro benzene ring substituents is 1. The van der Waals surface area contributed by atoms with Gasteiger partial charge in [0.15, 0.2) is 0 Å². The van der Waals surface area contributed by atoms with Gasteiger partial charge in [-0.15, -0.1) is 0 Å². The standard InChI is InChI=1S/C36H45ClF6N6O9S.C11H10F3NO5/c1-7-18-15-34(18,30(52)48-59(54,55)58-19-11-12-19)47-28(50)23-13-20(56-24-14-25(44-17-35(38,39)40)45-26-21(24)9-8-10-22(26)37)16-49(23)29(51)27(32(2,3)4)46-31(53)57-33(5,6)36(41,42)43;1-10(2,11(12,13)14)20-9(16)19-8-5-3-7(4-6-8)15(17)18/h8-10,14,18-20,23,27H,7,11-13,15-17H2,1-6H3,(H,44,45)(H,46,53)(H,47,50)(H,48,52);3-6H,1-2H3/t18-,20-,23+,27-,34-;/m1./s1. The summed E-state index contributed by atoms with van der Waals surface area (Å²) in [5, 5.41) is 17.7. The Bertz CT molecular complexity index is 2900. The summed E-state index contributed by atoms with van der Waals surface area (Å²) in [7, 11) is -4.55. The van der Waals surface area contributed by atoms with E-state index >= 15 is 0 Å². The molecule has 3 aliphatic rings. The van der Waals surface area contributed by atoms with E-state index in [0.717, 1.165) is 29.2 Å². The van der Waals surface area contributed by atoms with Crippen LogP contribution < -0.4 is 30.1 Å². The lowest BCUT2D eigenvalue weighted by atomic mass is 9.85. The van der Waals surface area contributed by atoms with E-state index < -0.39 is 129 Å². The molecule has 2 aliphatic carbocycles. The van der Waals surface area contributed by atoms with Crippen LogP contribution in [-0.4, -0.2) is 126 Å². The van der Waals surface area contributed by atoms with E-state index in [9.17, 15) is 82.0 Å². The lowest BCUT2D eigenvalue weighted by molar-refractivity contribution is -0.384. The van der Waals surface area contributed by atoms with E-state index in [-0.39, 0.29) is 51.8 Å². The number of non-ortho nitro benzene ring substituents is 1. The minimum absolute atomic E-state index is 0.0189. The number of ether oxygens (including phenoxy) is 4. The second kappa shape index (κ2) is 23.2. The summed E-state index contributed by atoms with van der Waals surface area (Å²) < 4.78 is 169. The number of hydrogen-bond donors (Lipinski definition) is 4. The van der Waals surface area contributed by atoms with Crippen LogP contribution in [0.2, 0.25) is 5.02 Å². The first-order chi connectivity index (χ1) is 36.1. The van der Waals surface area contributed by atoms with Gasteiger partial charge in [-0.25, -0.2) is 19.3 Å². The Labute approximate surface area is 450 Å². The van der Waals surface area contributed by atoms with Gasteiger partial charge in [-0.3, -0.25) is 28.7 Å². The molecule has 32 heteroatoms. The first-order valence-electron chi connectivity index (χ1n) is 23.8. The fourth-order valence-corrected chi connectivity index (χ4v) is 8.80. The predicted molar refractivity (Wildman–Crippen MR) is 260 cm³/mol. The van der Waals surface area contributed by atoms with Crippen LogP contribution in [0.25, 0.3) is 10.9 Å². The highest BCUT2D eigenvalue weighted by Crippen LogP contribution is 2.47. The van der Waals surface area contributed by atoms with Crippen LogP contribution in [0.1, 0.15) is 87.5 Å². The Balaban J connectivity index is 0.000000483. The lowest BCUT2D eigenvalue weighted by Gasteiger charge is -2.36. The molecule has 6 rings (SSSR count). The van der Waals surface area contributed by atoms with Crippen molar-refractivity contribution in [1.29, 1.82) is 0 Å². The number of carbonyl (C=O) groups is 5. The van der Waals surface area contributed by atoms with Crippen molar-refractivity contribution in [2.24, 2.45) is 11.3 Å². The Morgan fingerprint density at radius 1 is 0.886 bits per heavy atom. The molecule has 5 atom stereocenters. The number of hydrogen-bond acceptors (Lipinski definition) is 16. The molecule has 0 unspecified atom stereocenters. The minimum atomic E-state index is -4.98.